The summed E-state index contributed by atoms with van der Waals surface area (Å²) in [6.07, 6.45) is 3.23. The molecular formula is C9H14N4O. The van der Waals surface area contributed by atoms with Crippen molar-refractivity contribution >= 4 is 11.7 Å². The minimum absolute atomic E-state index is 0.0235. The maximum Gasteiger partial charge on any atom is 0.247 e. The molecule has 0 bridgehead atoms. The zero-order chi connectivity index (χ0) is 9.97. The van der Waals surface area contributed by atoms with Gasteiger partial charge in [-0.05, 0) is 25.4 Å². The SMILES string of the molecule is Nc1ccn(C(=O)CC2CCNC2)n1. The van der Waals surface area contributed by atoms with Gasteiger partial charge in [0.15, 0.2) is 0 Å². The Morgan fingerprint density at radius 1 is 1.79 bits per heavy atom. The van der Waals surface area contributed by atoms with Crippen molar-refractivity contribution in [3.8, 4) is 0 Å². The van der Waals surface area contributed by atoms with Crippen LogP contribution in [0.5, 0.6) is 0 Å². The smallest absolute Gasteiger partial charge is 0.247 e. The van der Waals surface area contributed by atoms with E-state index in [0.29, 0.717) is 18.2 Å². The Kier molecular flexibility index (Phi) is 2.49. The van der Waals surface area contributed by atoms with Gasteiger partial charge in [-0.15, -0.1) is 5.10 Å². The molecular weight excluding hydrogens is 180 g/mol. The minimum atomic E-state index is 0.0235. The molecule has 0 aromatic carbocycles. The molecule has 0 saturated carbocycles. The summed E-state index contributed by atoms with van der Waals surface area (Å²) < 4.78 is 1.33. The first-order chi connectivity index (χ1) is 6.75. The van der Waals surface area contributed by atoms with Crippen LogP contribution in [0.4, 0.5) is 5.82 Å². The number of anilines is 1. The number of nitrogens with zero attached hydrogens (tertiary/aromatic N) is 2. The summed E-state index contributed by atoms with van der Waals surface area (Å²) in [6, 6.07) is 1.63. The van der Waals surface area contributed by atoms with Crippen molar-refractivity contribution in [1.82, 2.24) is 15.1 Å². The van der Waals surface area contributed by atoms with Crippen LogP contribution in [-0.2, 0) is 0 Å². The fraction of sp³-hybridized carbons (Fsp3) is 0.556. The van der Waals surface area contributed by atoms with Crippen LogP contribution in [0, 0.1) is 5.92 Å². The quantitative estimate of drug-likeness (QED) is 0.700. The van der Waals surface area contributed by atoms with Crippen molar-refractivity contribution in [2.45, 2.75) is 12.8 Å². The van der Waals surface area contributed by atoms with Crippen LogP contribution in [0.25, 0.3) is 0 Å². The summed E-state index contributed by atoms with van der Waals surface area (Å²) in [6.45, 7) is 1.95. The molecule has 1 aliphatic rings. The highest BCUT2D eigenvalue weighted by molar-refractivity contribution is 5.78. The average molecular weight is 194 g/mol. The predicted molar refractivity (Wildman–Crippen MR) is 52.9 cm³/mol. The highest BCUT2D eigenvalue weighted by Gasteiger charge is 2.19. The number of hydrogen-bond donors (Lipinski definition) is 2. The molecule has 1 aliphatic heterocycles. The van der Waals surface area contributed by atoms with E-state index in [2.05, 4.69) is 10.4 Å². The number of rotatable bonds is 2. The molecule has 2 heterocycles. The van der Waals surface area contributed by atoms with Gasteiger partial charge in [-0.25, -0.2) is 4.68 Å². The fourth-order valence-corrected chi connectivity index (χ4v) is 1.71. The lowest BCUT2D eigenvalue weighted by Crippen LogP contribution is -2.18. The third kappa shape index (κ3) is 1.93. The van der Waals surface area contributed by atoms with Gasteiger partial charge < -0.3 is 11.1 Å². The van der Waals surface area contributed by atoms with E-state index >= 15 is 0 Å². The molecule has 0 radical (unpaired) electrons. The van der Waals surface area contributed by atoms with E-state index in [1.54, 1.807) is 12.3 Å². The third-order valence-corrected chi connectivity index (χ3v) is 2.49. The van der Waals surface area contributed by atoms with Crippen molar-refractivity contribution in [1.29, 1.82) is 0 Å². The van der Waals surface area contributed by atoms with Crippen LogP contribution in [0.2, 0.25) is 0 Å². The van der Waals surface area contributed by atoms with E-state index in [0.717, 1.165) is 19.5 Å². The molecule has 1 saturated heterocycles. The fourth-order valence-electron chi connectivity index (χ4n) is 1.71. The molecule has 0 aliphatic carbocycles. The Hall–Kier alpha value is -1.36. The topological polar surface area (TPSA) is 72.9 Å². The molecule has 76 valence electrons. The summed E-state index contributed by atoms with van der Waals surface area (Å²) in [7, 11) is 0. The number of nitrogens with two attached hydrogens (primary N) is 1. The normalized spacial score (nSPS) is 21.3. The Labute approximate surface area is 82.3 Å². The molecule has 0 amide bonds. The summed E-state index contributed by atoms with van der Waals surface area (Å²) in [5.41, 5.74) is 5.43. The van der Waals surface area contributed by atoms with E-state index in [1.165, 1.54) is 4.68 Å². The molecule has 1 aromatic heterocycles. The third-order valence-electron chi connectivity index (χ3n) is 2.49. The standard InChI is InChI=1S/C9H14N4O/c10-8-2-4-13(12-8)9(14)5-7-1-3-11-6-7/h2,4,7,11H,1,3,5-6H2,(H2,10,12). The van der Waals surface area contributed by atoms with Gasteiger partial charge in [-0.3, -0.25) is 4.79 Å². The second kappa shape index (κ2) is 3.79. The minimum Gasteiger partial charge on any atom is -0.382 e. The Morgan fingerprint density at radius 2 is 2.64 bits per heavy atom. The zero-order valence-electron chi connectivity index (χ0n) is 7.94. The van der Waals surface area contributed by atoms with Gasteiger partial charge in [0, 0.05) is 18.7 Å². The van der Waals surface area contributed by atoms with Crippen LogP contribution < -0.4 is 11.1 Å². The number of carbonyl (C=O) groups is 1. The monoisotopic (exact) mass is 194 g/mol. The van der Waals surface area contributed by atoms with Crippen LogP contribution in [0.1, 0.15) is 17.6 Å². The van der Waals surface area contributed by atoms with Gasteiger partial charge in [0.1, 0.15) is 5.82 Å². The first-order valence-electron chi connectivity index (χ1n) is 4.81. The summed E-state index contributed by atoms with van der Waals surface area (Å²) in [5.74, 6) is 0.867. The number of aromatic nitrogens is 2. The van der Waals surface area contributed by atoms with E-state index < -0.39 is 0 Å². The van der Waals surface area contributed by atoms with Crippen molar-refractivity contribution in [2.24, 2.45) is 5.92 Å². The summed E-state index contributed by atoms with van der Waals surface area (Å²) in [4.78, 5) is 11.6. The number of hydrogen-bond acceptors (Lipinski definition) is 4. The van der Waals surface area contributed by atoms with E-state index in [1.807, 2.05) is 0 Å². The summed E-state index contributed by atoms with van der Waals surface area (Å²) in [5, 5.41) is 7.10. The molecule has 1 aromatic rings. The van der Waals surface area contributed by atoms with Gasteiger partial charge in [0.2, 0.25) is 5.91 Å². The lowest BCUT2D eigenvalue weighted by atomic mass is 10.1. The van der Waals surface area contributed by atoms with Crippen molar-refractivity contribution in [3.05, 3.63) is 12.3 Å². The van der Waals surface area contributed by atoms with Crippen molar-refractivity contribution in [3.63, 3.8) is 0 Å². The second-order valence-corrected chi connectivity index (χ2v) is 3.64. The van der Waals surface area contributed by atoms with Gasteiger partial charge in [0.25, 0.3) is 0 Å². The zero-order valence-corrected chi connectivity index (χ0v) is 7.94. The predicted octanol–water partition coefficient (Wildman–Crippen LogP) is 0.105. The Bertz CT molecular complexity index is 327. The molecule has 1 fully saturated rings. The summed E-state index contributed by atoms with van der Waals surface area (Å²) >= 11 is 0. The highest BCUT2D eigenvalue weighted by atomic mass is 16.2. The van der Waals surface area contributed by atoms with Gasteiger partial charge >= 0.3 is 0 Å². The van der Waals surface area contributed by atoms with Crippen molar-refractivity contribution in [2.75, 3.05) is 18.8 Å². The molecule has 1 unspecified atom stereocenters. The molecule has 5 nitrogen and oxygen atoms in total. The van der Waals surface area contributed by atoms with Gasteiger partial charge in [-0.2, -0.15) is 0 Å². The maximum atomic E-state index is 11.6. The maximum absolute atomic E-state index is 11.6. The lowest BCUT2D eigenvalue weighted by Gasteiger charge is -2.05. The highest BCUT2D eigenvalue weighted by Crippen LogP contribution is 2.13. The Morgan fingerprint density at radius 3 is 3.21 bits per heavy atom. The molecule has 1 atom stereocenters. The lowest BCUT2D eigenvalue weighted by molar-refractivity contribution is 0.0867. The van der Waals surface area contributed by atoms with Crippen LogP contribution in [-0.4, -0.2) is 28.8 Å². The Balaban J connectivity index is 1.95. The van der Waals surface area contributed by atoms with Crippen LogP contribution >= 0.6 is 0 Å². The van der Waals surface area contributed by atoms with E-state index in [9.17, 15) is 4.79 Å². The van der Waals surface area contributed by atoms with E-state index in [-0.39, 0.29) is 5.91 Å². The number of nitrogens with one attached hydrogen (secondary N) is 1. The van der Waals surface area contributed by atoms with Gasteiger partial charge in [-0.1, -0.05) is 0 Å². The second-order valence-electron chi connectivity index (χ2n) is 3.64. The first-order valence-corrected chi connectivity index (χ1v) is 4.81. The van der Waals surface area contributed by atoms with Crippen LogP contribution in [0.3, 0.4) is 0 Å². The largest absolute Gasteiger partial charge is 0.382 e. The number of carbonyl (C=O) groups excluding carboxylic acids is 1. The van der Waals surface area contributed by atoms with Crippen LogP contribution in [0.15, 0.2) is 12.3 Å². The molecule has 14 heavy (non-hydrogen) atoms. The van der Waals surface area contributed by atoms with Gasteiger partial charge in [0.05, 0.1) is 0 Å². The molecule has 0 spiro atoms. The molecule has 3 N–H and O–H groups in total. The number of nitrogen functional groups attached to an aromatic ring is 1. The van der Waals surface area contributed by atoms with E-state index in [4.69, 9.17) is 5.73 Å². The average Bonchev–Trinajstić information content (AvgIpc) is 2.75. The first kappa shape index (κ1) is 9.21. The molecule has 5 heteroatoms. The van der Waals surface area contributed by atoms with Crippen molar-refractivity contribution < 1.29 is 4.79 Å². The molecule has 2 rings (SSSR count).